The fraction of sp³-hybridized carbons (Fsp3) is 0.467. The molecule has 3 atom stereocenters. The Kier molecular flexibility index (Phi) is 5.75. The molecule has 134 valence electrons. The molecule has 6 N–H and O–H groups in total. The van der Waals surface area contributed by atoms with E-state index in [2.05, 4.69) is 0 Å². The summed E-state index contributed by atoms with van der Waals surface area (Å²) in [5.74, 6) is -3.59. The predicted molar refractivity (Wildman–Crippen MR) is 85.3 cm³/mol. The molecule has 1 aliphatic carbocycles. The van der Waals surface area contributed by atoms with E-state index in [9.17, 15) is 23.1 Å². The highest BCUT2D eigenvalue weighted by atomic mass is 32.2. The molecule has 0 bridgehead atoms. The third-order valence-corrected chi connectivity index (χ3v) is 5.43. The molecule has 0 aliphatic heterocycles. The van der Waals surface area contributed by atoms with E-state index in [0.717, 1.165) is 6.26 Å². The average molecular weight is 359 g/mol. The smallest absolute Gasteiger partial charge is 0.324 e. The third kappa shape index (κ3) is 4.11. The molecular formula is C15H21NO7S. The van der Waals surface area contributed by atoms with Gasteiger partial charge in [-0.25, -0.2) is 8.42 Å². The minimum atomic E-state index is -3.34. The Balaban J connectivity index is 0.00000288. The Morgan fingerprint density at radius 1 is 1.33 bits per heavy atom. The third-order valence-electron chi connectivity index (χ3n) is 4.32. The molecule has 1 saturated carbocycles. The van der Waals surface area contributed by atoms with Gasteiger partial charge >= 0.3 is 11.9 Å². The van der Waals surface area contributed by atoms with Crippen molar-refractivity contribution in [2.75, 3.05) is 6.26 Å². The van der Waals surface area contributed by atoms with Gasteiger partial charge in [0.1, 0.15) is 5.54 Å². The van der Waals surface area contributed by atoms with Gasteiger partial charge in [-0.15, -0.1) is 0 Å². The van der Waals surface area contributed by atoms with Gasteiger partial charge in [-0.2, -0.15) is 0 Å². The van der Waals surface area contributed by atoms with Gasteiger partial charge in [0, 0.05) is 12.2 Å². The molecule has 24 heavy (non-hydrogen) atoms. The summed E-state index contributed by atoms with van der Waals surface area (Å²) < 4.78 is 23.1. The first-order valence-electron chi connectivity index (χ1n) is 7.10. The second-order valence-electron chi connectivity index (χ2n) is 6.05. The highest BCUT2D eigenvalue weighted by Gasteiger charge is 2.57. The van der Waals surface area contributed by atoms with E-state index < -0.39 is 39.2 Å². The molecule has 8 nitrogen and oxygen atoms in total. The summed E-state index contributed by atoms with van der Waals surface area (Å²) in [6, 6.07) is 6.23. The van der Waals surface area contributed by atoms with Gasteiger partial charge in [-0.05, 0) is 37.0 Å². The van der Waals surface area contributed by atoms with Gasteiger partial charge in [0.05, 0.1) is 10.8 Å². The largest absolute Gasteiger partial charge is 0.481 e. The molecule has 1 fully saturated rings. The Morgan fingerprint density at radius 3 is 2.42 bits per heavy atom. The maximum Gasteiger partial charge on any atom is 0.324 e. The van der Waals surface area contributed by atoms with Crippen LogP contribution < -0.4 is 5.73 Å². The van der Waals surface area contributed by atoms with Crippen LogP contribution in [-0.2, 0) is 25.8 Å². The molecule has 0 aromatic heterocycles. The number of carbonyl (C=O) groups is 2. The molecule has 0 spiro atoms. The molecule has 0 amide bonds. The van der Waals surface area contributed by atoms with Crippen LogP contribution in [0, 0.1) is 11.8 Å². The van der Waals surface area contributed by atoms with E-state index >= 15 is 0 Å². The van der Waals surface area contributed by atoms with Crippen molar-refractivity contribution in [1.29, 1.82) is 0 Å². The summed E-state index contributed by atoms with van der Waals surface area (Å²) >= 11 is 0. The zero-order valence-electron chi connectivity index (χ0n) is 13.1. The second-order valence-corrected chi connectivity index (χ2v) is 8.07. The fourth-order valence-corrected chi connectivity index (χ4v) is 3.46. The van der Waals surface area contributed by atoms with Gasteiger partial charge < -0.3 is 21.4 Å². The van der Waals surface area contributed by atoms with Crippen molar-refractivity contribution in [2.24, 2.45) is 17.6 Å². The Bertz CT molecular complexity index is 746. The minimum absolute atomic E-state index is 0. The average Bonchev–Trinajstić information content (AvgIpc) is 3.25. The van der Waals surface area contributed by atoms with Gasteiger partial charge in [-0.3, -0.25) is 9.59 Å². The zero-order chi connectivity index (χ0) is 17.4. The first kappa shape index (κ1) is 20.1. The highest BCUT2D eigenvalue weighted by molar-refractivity contribution is 7.90. The lowest BCUT2D eigenvalue weighted by Crippen LogP contribution is -2.51. The maximum absolute atomic E-state index is 11.5. The Labute approximate surface area is 139 Å². The SMILES string of the molecule is CS(=O)(=O)c1cccc(CC[C@](N)(C(=O)O)C2C[C@@H]2C(=O)O)c1.O. The van der Waals surface area contributed by atoms with Crippen molar-refractivity contribution >= 4 is 21.8 Å². The van der Waals surface area contributed by atoms with Crippen molar-refractivity contribution in [3.05, 3.63) is 29.8 Å². The number of benzene rings is 1. The quantitative estimate of drug-likeness (QED) is 0.600. The number of carboxylic acid groups (broad SMARTS) is 2. The van der Waals surface area contributed by atoms with Crippen LogP contribution in [0.5, 0.6) is 0 Å². The summed E-state index contributed by atoms with van der Waals surface area (Å²) in [7, 11) is -3.34. The van der Waals surface area contributed by atoms with Crippen molar-refractivity contribution in [3.8, 4) is 0 Å². The van der Waals surface area contributed by atoms with Gasteiger partial charge in [0.2, 0.25) is 0 Å². The fourth-order valence-electron chi connectivity index (χ4n) is 2.77. The molecule has 0 radical (unpaired) electrons. The van der Waals surface area contributed by atoms with Crippen molar-refractivity contribution in [3.63, 3.8) is 0 Å². The summed E-state index contributed by atoms with van der Waals surface area (Å²) in [6.45, 7) is 0. The normalized spacial score (nSPS) is 22.1. The van der Waals surface area contributed by atoms with Crippen LogP contribution in [-0.4, -0.2) is 47.8 Å². The van der Waals surface area contributed by atoms with Crippen LogP contribution in [0.3, 0.4) is 0 Å². The van der Waals surface area contributed by atoms with Crippen molar-refractivity contribution in [2.45, 2.75) is 29.7 Å². The molecule has 1 aromatic carbocycles. The molecule has 1 aromatic rings. The van der Waals surface area contributed by atoms with Crippen molar-refractivity contribution in [1.82, 2.24) is 0 Å². The monoisotopic (exact) mass is 359 g/mol. The van der Waals surface area contributed by atoms with Crippen LogP contribution in [0.2, 0.25) is 0 Å². The molecule has 0 saturated heterocycles. The van der Waals surface area contributed by atoms with Crippen LogP contribution in [0.25, 0.3) is 0 Å². The van der Waals surface area contributed by atoms with Gasteiger partial charge in [0.15, 0.2) is 9.84 Å². The molecule has 9 heteroatoms. The second kappa shape index (κ2) is 6.88. The summed E-state index contributed by atoms with van der Waals surface area (Å²) in [6.07, 6.45) is 1.65. The lowest BCUT2D eigenvalue weighted by Gasteiger charge is -2.25. The number of aryl methyl sites for hydroxylation is 1. The van der Waals surface area contributed by atoms with E-state index in [1.807, 2.05) is 0 Å². The van der Waals surface area contributed by atoms with Gasteiger partial charge in [0.25, 0.3) is 0 Å². The van der Waals surface area contributed by atoms with Crippen LogP contribution in [0.4, 0.5) is 0 Å². The summed E-state index contributed by atoms with van der Waals surface area (Å²) in [5.41, 5.74) is 4.99. The first-order chi connectivity index (χ1) is 10.6. The zero-order valence-corrected chi connectivity index (χ0v) is 13.9. The Morgan fingerprint density at radius 2 is 1.96 bits per heavy atom. The molecular weight excluding hydrogens is 338 g/mol. The number of rotatable bonds is 7. The number of nitrogens with two attached hydrogens (primary N) is 1. The van der Waals surface area contributed by atoms with E-state index in [1.165, 1.54) is 12.1 Å². The number of hydrogen-bond donors (Lipinski definition) is 3. The van der Waals surface area contributed by atoms with E-state index in [0.29, 0.717) is 5.56 Å². The van der Waals surface area contributed by atoms with E-state index in [1.54, 1.807) is 12.1 Å². The van der Waals surface area contributed by atoms with Crippen LogP contribution >= 0.6 is 0 Å². The first-order valence-corrected chi connectivity index (χ1v) is 8.99. The summed E-state index contributed by atoms with van der Waals surface area (Å²) in [5, 5.41) is 18.4. The molecule has 1 aliphatic rings. The highest BCUT2D eigenvalue weighted by Crippen LogP contribution is 2.47. The predicted octanol–water partition coefficient (Wildman–Crippen LogP) is -0.299. The Hall–Kier alpha value is -1.97. The minimum Gasteiger partial charge on any atom is -0.481 e. The maximum atomic E-state index is 11.5. The topological polar surface area (TPSA) is 166 Å². The number of hydrogen-bond acceptors (Lipinski definition) is 5. The number of carboxylic acids is 2. The van der Waals surface area contributed by atoms with Crippen LogP contribution in [0.1, 0.15) is 18.4 Å². The lowest BCUT2D eigenvalue weighted by atomic mass is 9.86. The lowest BCUT2D eigenvalue weighted by molar-refractivity contribution is -0.145. The van der Waals surface area contributed by atoms with Gasteiger partial charge in [-0.1, -0.05) is 12.1 Å². The van der Waals surface area contributed by atoms with E-state index in [4.69, 9.17) is 10.8 Å². The summed E-state index contributed by atoms with van der Waals surface area (Å²) in [4.78, 5) is 22.6. The van der Waals surface area contributed by atoms with Crippen LogP contribution in [0.15, 0.2) is 29.2 Å². The standard InChI is InChI=1S/C15H19NO6S.H2O/c1-23(21,22)10-4-2-3-9(7-10)5-6-15(16,14(19)20)12-8-11(12)13(17)18;/h2-4,7,11-12H,5-6,8,16H2,1H3,(H,17,18)(H,19,20);1H2/t11-,12?,15+;/m0./s1. The number of aliphatic carboxylic acids is 2. The molecule has 2 rings (SSSR count). The molecule has 1 unspecified atom stereocenters. The van der Waals surface area contributed by atoms with E-state index in [-0.39, 0.29) is 29.6 Å². The number of sulfone groups is 1. The van der Waals surface area contributed by atoms with Crippen molar-refractivity contribution < 1.29 is 33.7 Å². The molecule has 0 heterocycles.